The van der Waals surface area contributed by atoms with Gasteiger partial charge in [0, 0.05) is 15.6 Å². The van der Waals surface area contributed by atoms with Gasteiger partial charge in [0.2, 0.25) is 0 Å². The highest BCUT2D eigenvalue weighted by atomic mass is 79.9. The topological polar surface area (TPSA) is 29.1 Å². The number of benzene rings is 2. The Bertz CT molecular complexity index is 846. The number of carbonyl (C=O) groups is 1. The molecule has 146 valence electrons. The van der Waals surface area contributed by atoms with Crippen molar-refractivity contribution >= 4 is 27.5 Å². The van der Waals surface area contributed by atoms with E-state index >= 15 is 0 Å². The van der Waals surface area contributed by atoms with Gasteiger partial charge in [-0.05, 0) is 40.2 Å². The van der Waals surface area contributed by atoms with Crippen LogP contribution in [0.1, 0.15) is 21.5 Å². The van der Waals surface area contributed by atoms with Crippen LogP contribution in [0.4, 0.5) is 40.8 Å². The van der Waals surface area contributed by atoms with Gasteiger partial charge in [-0.3, -0.25) is 4.79 Å². The van der Waals surface area contributed by atoms with Crippen LogP contribution < -0.4 is 5.32 Å². The van der Waals surface area contributed by atoms with E-state index in [2.05, 4.69) is 15.9 Å². The highest BCUT2D eigenvalue weighted by Gasteiger charge is 2.59. The highest BCUT2D eigenvalue weighted by Crippen LogP contribution is 2.48. The fourth-order valence-electron chi connectivity index (χ4n) is 2.08. The van der Waals surface area contributed by atoms with Crippen LogP contribution in [0.5, 0.6) is 0 Å². The first-order valence-corrected chi connectivity index (χ1v) is 7.76. The maximum absolute atomic E-state index is 13.5. The molecule has 0 aliphatic heterocycles. The van der Waals surface area contributed by atoms with Crippen molar-refractivity contribution in [2.75, 3.05) is 5.32 Å². The number of alkyl halides is 8. The summed E-state index contributed by atoms with van der Waals surface area (Å²) in [7, 11) is 0. The molecular formula is C16H8BrF8NO. The van der Waals surface area contributed by atoms with Crippen LogP contribution in [-0.4, -0.2) is 12.1 Å². The van der Waals surface area contributed by atoms with Crippen LogP contribution >= 0.6 is 15.9 Å². The van der Waals surface area contributed by atoms with Gasteiger partial charge in [-0.2, -0.15) is 35.1 Å². The van der Waals surface area contributed by atoms with Crippen molar-refractivity contribution in [1.29, 1.82) is 0 Å². The lowest BCUT2D eigenvalue weighted by Gasteiger charge is -2.23. The third-order valence-corrected chi connectivity index (χ3v) is 4.01. The van der Waals surface area contributed by atoms with E-state index in [0.717, 1.165) is 0 Å². The van der Waals surface area contributed by atoms with Gasteiger partial charge in [-0.25, -0.2) is 0 Å². The molecule has 0 unspecified atom stereocenters. The molecule has 2 rings (SSSR count). The van der Waals surface area contributed by atoms with Crippen molar-refractivity contribution in [3.8, 4) is 0 Å². The predicted molar refractivity (Wildman–Crippen MR) is 83.5 cm³/mol. The van der Waals surface area contributed by atoms with Crippen molar-refractivity contribution in [2.45, 2.75) is 18.3 Å². The molecule has 27 heavy (non-hydrogen) atoms. The molecule has 0 bridgehead atoms. The zero-order valence-electron chi connectivity index (χ0n) is 12.9. The normalized spacial score (nSPS) is 12.8. The van der Waals surface area contributed by atoms with Gasteiger partial charge in [0.25, 0.3) is 5.91 Å². The molecule has 0 aromatic heterocycles. The van der Waals surface area contributed by atoms with Gasteiger partial charge in [0.1, 0.15) is 0 Å². The molecular weight excluding hydrogens is 454 g/mol. The molecule has 0 fully saturated rings. The van der Waals surface area contributed by atoms with Crippen molar-refractivity contribution in [1.82, 2.24) is 0 Å². The van der Waals surface area contributed by atoms with Crippen LogP contribution in [-0.2, 0) is 12.1 Å². The quantitative estimate of drug-likeness (QED) is 0.528. The summed E-state index contributed by atoms with van der Waals surface area (Å²) in [5.41, 5.74) is -4.77. The Morgan fingerprint density at radius 1 is 0.889 bits per heavy atom. The van der Waals surface area contributed by atoms with Gasteiger partial charge >= 0.3 is 18.3 Å². The summed E-state index contributed by atoms with van der Waals surface area (Å²) in [6, 6.07) is 6.82. The first-order valence-electron chi connectivity index (χ1n) is 6.97. The minimum absolute atomic E-state index is 0.0396. The number of carbonyl (C=O) groups excluding carboxylic acids is 1. The smallest absolute Gasteiger partial charge is 0.320 e. The number of anilines is 1. The Morgan fingerprint density at radius 3 is 1.93 bits per heavy atom. The summed E-state index contributed by atoms with van der Waals surface area (Å²) in [6.07, 6.45) is -11.4. The first-order chi connectivity index (χ1) is 12.2. The van der Waals surface area contributed by atoms with E-state index in [0.29, 0.717) is 0 Å². The summed E-state index contributed by atoms with van der Waals surface area (Å²) < 4.78 is 103. The van der Waals surface area contributed by atoms with Crippen molar-refractivity contribution in [3.05, 3.63) is 63.6 Å². The zero-order chi connectivity index (χ0) is 20.6. The van der Waals surface area contributed by atoms with Crippen LogP contribution in [0.2, 0.25) is 0 Å². The first kappa shape index (κ1) is 21.1. The fraction of sp³-hybridized carbons (Fsp3) is 0.188. The predicted octanol–water partition coefficient (Wildman–Crippen LogP) is 6.37. The number of nitrogens with one attached hydrogen (secondary N) is 1. The number of rotatable bonds is 3. The lowest BCUT2D eigenvalue weighted by atomic mass is 10.0. The van der Waals surface area contributed by atoms with Gasteiger partial charge in [0.05, 0.1) is 11.3 Å². The fourth-order valence-corrected chi connectivity index (χ4v) is 2.64. The van der Waals surface area contributed by atoms with Crippen LogP contribution in [0.3, 0.4) is 0 Å². The summed E-state index contributed by atoms with van der Waals surface area (Å²) in [6.45, 7) is 0. The standard InChI is InChI=1S/C16H8BrF8NO/c17-11-7-9(14(18,19)16(23,24)25)6-10(15(20,21)22)12(11)26-13(27)8-4-2-1-3-5-8/h1-7H,(H,26,27). The molecule has 0 radical (unpaired) electrons. The Kier molecular flexibility index (Phi) is 5.56. The Balaban J connectivity index is 2.57. The van der Waals surface area contributed by atoms with E-state index in [1.807, 2.05) is 5.32 Å². The van der Waals surface area contributed by atoms with Crippen molar-refractivity contribution in [3.63, 3.8) is 0 Å². The minimum atomic E-state index is -6.09. The second kappa shape index (κ2) is 7.10. The number of hydrogen-bond acceptors (Lipinski definition) is 1. The average molecular weight is 462 g/mol. The van der Waals surface area contributed by atoms with Crippen molar-refractivity contribution in [2.24, 2.45) is 0 Å². The van der Waals surface area contributed by atoms with Gasteiger partial charge < -0.3 is 5.32 Å². The molecule has 1 amide bonds. The van der Waals surface area contributed by atoms with Gasteiger partial charge in [-0.1, -0.05) is 18.2 Å². The summed E-state index contributed by atoms with van der Waals surface area (Å²) >= 11 is 2.54. The summed E-state index contributed by atoms with van der Waals surface area (Å²) in [5.74, 6) is -6.52. The Hall–Kier alpha value is -2.17. The van der Waals surface area contributed by atoms with E-state index in [1.165, 1.54) is 24.3 Å². The third-order valence-electron chi connectivity index (χ3n) is 3.39. The lowest BCUT2D eigenvalue weighted by molar-refractivity contribution is -0.289. The third kappa shape index (κ3) is 4.40. The molecule has 2 aromatic carbocycles. The zero-order valence-corrected chi connectivity index (χ0v) is 14.4. The van der Waals surface area contributed by atoms with E-state index in [1.54, 1.807) is 6.07 Å². The molecule has 0 saturated carbocycles. The second-order valence-electron chi connectivity index (χ2n) is 5.27. The number of amides is 1. The number of hydrogen-bond donors (Lipinski definition) is 1. The average Bonchev–Trinajstić information content (AvgIpc) is 2.55. The Labute approximate surface area is 155 Å². The van der Waals surface area contributed by atoms with Crippen LogP contribution in [0.25, 0.3) is 0 Å². The molecule has 0 aliphatic rings. The SMILES string of the molecule is O=C(Nc1c(Br)cc(C(F)(F)C(F)(F)F)cc1C(F)(F)F)c1ccccc1. The van der Waals surface area contributed by atoms with Crippen molar-refractivity contribution < 1.29 is 39.9 Å². The molecule has 0 spiro atoms. The second-order valence-corrected chi connectivity index (χ2v) is 6.13. The molecule has 0 aliphatic carbocycles. The molecule has 0 atom stereocenters. The maximum atomic E-state index is 13.5. The minimum Gasteiger partial charge on any atom is -0.320 e. The highest BCUT2D eigenvalue weighted by molar-refractivity contribution is 9.10. The Morgan fingerprint density at radius 2 is 1.44 bits per heavy atom. The largest absolute Gasteiger partial charge is 0.458 e. The summed E-state index contributed by atoms with van der Waals surface area (Å²) in [4.78, 5) is 12.1. The van der Waals surface area contributed by atoms with Crippen LogP contribution in [0.15, 0.2) is 46.9 Å². The monoisotopic (exact) mass is 461 g/mol. The van der Waals surface area contributed by atoms with E-state index in [9.17, 15) is 39.9 Å². The molecule has 0 saturated heterocycles. The van der Waals surface area contributed by atoms with Gasteiger partial charge in [-0.15, -0.1) is 0 Å². The molecule has 2 aromatic rings. The maximum Gasteiger partial charge on any atom is 0.458 e. The lowest BCUT2D eigenvalue weighted by Crippen LogP contribution is -2.34. The molecule has 0 heterocycles. The van der Waals surface area contributed by atoms with E-state index in [-0.39, 0.29) is 17.7 Å². The number of halogens is 9. The molecule has 11 heteroatoms. The molecule has 2 nitrogen and oxygen atoms in total. The van der Waals surface area contributed by atoms with E-state index < -0.39 is 45.5 Å². The molecule has 1 N–H and O–H groups in total. The van der Waals surface area contributed by atoms with E-state index in [4.69, 9.17) is 0 Å². The van der Waals surface area contributed by atoms with Gasteiger partial charge in [0.15, 0.2) is 0 Å². The van der Waals surface area contributed by atoms with Crippen LogP contribution in [0, 0.1) is 0 Å². The summed E-state index contributed by atoms with van der Waals surface area (Å²) in [5, 5.41) is 1.89.